The van der Waals surface area contributed by atoms with Gasteiger partial charge in [-0.25, -0.2) is 0 Å². The van der Waals surface area contributed by atoms with Crippen molar-refractivity contribution in [2.75, 3.05) is 14.2 Å². The number of hydrogen-bond donors (Lipinski definition) is 1. The van der Waals surface area contributed by atoms with Crippen LogP contribution in [0.4, 0.5) is 0 Å². The monoisotopic (exact) mass is 359 g/mol. The summed E-state index contributed by atoms with van der Waals surface area (Å²) in [6.45, 7) is 1.76. The maximum Gasteiger partial charge on any atom is 0.223 e. The van der Waals surface area contributed by atoms with Crippen LogP contribution in [0.25, 0.3) is 0 Å². The van der Waals surface area contributed by atoms with Gasteiger partial charge in [-0.1, -0.05) is 24.1 Å². The van der Waals surface area contributed by atoms with Crippen molar-refractivity contribution in [3.63, 3.8) is 0 Å². The van der Waals surface area contributed by atoms with E-state index in [0.717, 1.165) is 31.2 Å². The van der Waals surface area contributed by atoms with E-state index in [4.69, 9.17) is 14.0 Å². The summed E-state index contributed by atoms with van der Waals surface area (Å²) in [5.74, 6) is 2.44. The minimum Gasteiger partial charge on any atom is -0.493 e. The average Bonchev–Trinajstić information content (AvgIpc) is 3.29. The van der Waals surface area contributed by atoms with Crippen LogP contribution in [0.2, 0.25) is 0 Å². The summed E-state index contributed by atoms with van der Waals surface area (Å²) in [7, 11) is 3.21. The van der Waals surface area contributed by atoms with Crippen molar-refractivity contribution in [1.29, 1.82) is 0 Å². The second-order valence-electron chi connectivity index (χ2n) is 6.66. The fraction of sp³-hybridized carbons (Fsp3) is 0.526. The molecule has 1 heterocycles. The van der Waals surface area contributed by atoms with Crippen LogP contribution in [0.3, 0.4) is 0 Å². The minimum absolute atomic E-state index is 0.0101. The number of amides is 1. The third kappa shape index (κ3) is 3.81. The van der Waals surface area contributed by atoms with E-state index in [9.17, 15) is 4.79 Å². The molecule has 1 aromatic carbocycles. The predicted molar refractivity (Wildman–Crippen MR) is 95.2 cm³/mol. The number of carbonyl (C=O) groups excluding carboxylic acids is 1. The zero-order valence-electron chi connectivity index (χ0n) is 15.5. The Morgan fingerprint density at radius 3 is 2.58 bits per heavy atom. The summed E-state index contributed by atoms with van der Waals surface area (Å²) in [4.78, 5) is 16.9. The molecule has 7 nitrogen and oxygen atoms in total. The third-order valence-corrected chi connectivity index (χ3v) is 4.88. The molecular weight excluding hydrogens is 334 g/mol. The number of nitrogens with zero attached hydrogens (tertiary/aromatic N) is 2. The summed E-state index contributed by atoms with van der Waals surface area (Å²) in [6, 6.07) is 5.70. The SMILES string of the molecule is COc1ccc(CCC(=O)NC2(c3noc(C)n3)CCCC2)cc1OC. The molecule has 0 radical (unpaired) electrons. The number of ether oxygens (including phenoxy) is 2. The maximum absolute atomic E-state index is 12.6. The fourth-order valence-electron chi connectivity index (χ4n) is 3.50. The van der Waals surface area contributed by atoms with Gasteiger partial charge in [-0.05, 0) is 37.0 Å². The van der Waals surface area contributed by atoms with E-state index in [1.54, 1.807) is 21.1 Å². The van der Waals surface area contributed by atoms with Gasteiger partial charge >= 0.3 is 0 Å². The number of methoxy groups -OCH3 is 2. The number of hydrogen-bond acceptors (Lipinski definition) is 6. The Balaban J connectivity index is 1.64. The molecule has 7 heteroatoms. The smallest absolute Gasteiger partial charge is 0.223 e. The van der Waals surface area contributed by atoms with E-state index in [1.165, 1.54) is 0 Å². The molecule has 140 valence electrons. The highest BCUT2D eigenvalue weighted by atomic mass is 16.5. The van der Waals surface area contributed by atoms with Crippen molar-refractivity contribution in [2.24, 2.45) is 0 Å². The lowest BCUT2D eigenvalue weighted by Gasteiger charge is -2.26. The van der Waals surface area contributed by atoms with E-state index in [-0.39, 0.29) is 5.91 Å². The first-order chi connectivity index (χ1) is 12.6. The van der Waals surface area contributed by atoms with Gasteiger partial charge in [0.1, 0.15) is 5.54 Å². The second-order valence-corrected chi connectivity index (χ2v) is 6.66. The van der Waals surface area contributed by atoms with Crippen LogP contribution in [0.1, 0.15) is 49.4 Å². The summed E-state index contributed by atoms with van der Waals surface area (Å²) in [6.07, 6.45) is 4.77. The first-order valence-electron chi connectivity index (χ1n) is 8.89. The average molecular weight is 359 g/mol. The van der Waals surface area contributed by atoms with Gasteiger partial charge in [-0.3, -0.25) is 4.79 Å². The van der Waals surface area contributed by atoms with Gasteiger partial charge in [0, 0.05) is 13.3 Å². The highest BCUT2D eigenvalue weighted by Crippen LogP contribution is 2.37. The lowest BCUT2D eigenvalue weighted by molar-refractivity contribution is -0.123. The molecule has 0 unspecified atom stereocenters. The molecule has 1 N–H and O–H groups in total. The fourth-order valence-corrected chi connectivity index (χ4v) is 3.50. The van der Waals surface area contributed by atoms with Gasteiger partial charge in [0.25, 0.3) is 0 Å². The summed E-state index contributed by atoms with van der Waals surface area (Å²) in [5.41, 5.74) is 0.528. The highest BCUT2D eigenvalue weighted by molar-refractivity contribution is 5.77. The van der Waals surface area contributed by atoms with Gasteiger partial charge in [0.2, 0.25) is 11.8 Å². The Kier molecular flexibility index (Phi) is 5.44. The lowest BCUT2D eigenvalue weighted by Crippen LogP contribution is -2.44. The van der Waals surface area contributed by atoms with Crippen LogP contribution in [0, 0.1) is 6.92 Å². The molecule has 1 saturated carbocycles. The van der Waals surface area contributed by atoms with E-state index >= 15 is 0 Å². The molecule has 1 amide bonds. The van der Waals surface area contributed by atoms with Crippen LogP contribution < -0.4 is 14.8 Å². The van der Waals surface area contributed by atoms with Crippen molar-refractivity contribution in [2.45, 2.75) is 51.0 Å². The summed E-state index contributed by atoms with van der Waals surface area (Å²) >= 11 is 0. The first-order valence-corrected chi connectivity index (χ1v) is 8.89. The van der Waals surface area contributed by atoms with Gasteiger partial charge < -0.3 is 19.3 Å². The molecule has 0 atom stereocenters. The van der Waals surface area contributed by atoms with E-state index in [0.29, 0.717) is 36.1 Å². The molecule has 26 heavy (non-hydrogen) atoms. The van der Waals surface area contributed by atoms with Gasteiger partial charge in [-0.2, -0.15) is 4.98 Å². The molecular formula is C19H25N3O4. The Hall–Kier alpha value is -2.57. The van der Waals surface area contributed by atoms with Crippen molar-refractivity contribution in [1.82, 2.24) is 15.5 Å². The van der Waals surface area contributed by atoms with E-state index in [2.05, 4.69) is 15.5 Å². The number of nitrogens with one attached hydrogen (secondary N) is 1. The van der Waals surface area contributed by atoms with Crippen molar-refractivity contribution < 1.29 is 18.8 Å². The number of rotatable bonds is 7. The molecule has 2 aromatic rings. The van der Waals surface area contributed by atoms with Gasteiger partial charge in [0.15, 0.2) is 17.3 Å². The third-order valence-electron chi connectivity index (χ3n) is 4.88. The normalized spacial score (nSPS) is 15.7. The molecule has 1 aromatic heterocycles. The lowest BCUT2D eigenvalue weighted by atomic mass is 9.96. The zero-order chi connectivity index (χ0) is 18.6. The first kappa shape index (κ1) is 18.2. The molecule has 1 aliphatic carbocycles. The molecule has 0 saturated heterocycles. The Morgan fingerprint density at radius 1 is 1.23 bits per heavy atom. The van der Waals surface area contributed by atoms with Crippen molar-refractivity contribution in [3.05, 3.63) is 35.5 Å². The zero-order valence-corrected chi connectivity index (χ0v) is 15.5. The quantitative estimate of drug-likeness (QED) is 0.818. The highest BCUT2D eigenvalue weighted by Gasteiger charge is 2.41. The molecule has 0 bridgehead atoms. The standard InChI is InChI=1S/C19H25N3O4/c1-13-20-18(22-26-13)19(10-4-5-11-19)21-17(23)9-7-14-6-8-15(24-2)16(12-14)25-3/h6,8,12H,4-5,7,9-11H2,1-3H3,(H,21,23). The largest absolute Gasteiger partial charge is 0.493 e. The van der Waals surface area contributed by atoms with Crippen LogP contribution >= 0.6 is 0 Å². The maximum atomic E-state index is 12.6. The molecule has 1 aliphatic rings. The van der Waals surface area contributed by atoms with Crippen LogP contribution in [0.15, 0.2) is 22.7 Å². The molecule has 0 aliphatic heterocycles. The van der Waals surface area contributed by atoms with Crippen LogP contribution in [0.5, 0.6) is 11.5 Å². The number of aryl methyl sites for hydroxylation is 2. The number of benzene rings is 1. The molecule has 0 spiro atoms. The minimum atomic E-state index is -0.494. The Labute approximate surface area is 153 Å². The van der Waals surface area contributed by atoms with E-state index < -0.39 is 5.54 Å². The van der Waals surface area contributed by atoms with Crippen molar-refractivity contribution in [3.8, 4) is 11.5 Å². The van der Waals surface area contributed by atoms with E-state index in [1.807, 2.05) is 18.2 Å². The number of aromatic nitrogens is 2. The van der Waals surface area contributed by atoms with Crippen LogP contribution in [-0.4, -0.2) is 30.3 Å². The topological polar surface area (TPSA) is 86.5 Å². The Bertz CT molecular complexity index is 766. The summed E-state index contributed by atoms with van der Waals surface area (Å²) < 4.78 is 15.7. The van der Waals surface area contributed by atoms with Crippen molar-refractivity contribution >= 4 is 5.91 Å². The number of carbonyl (C=O) groups is 1. The predicted octanol–water partition coefficient (Wildman–Crippen LogP) is 2.91. The van der Waals surface area contributed by atoms with Gasteiger partial charge in [-0.15, -0.1) is 0 Å². The van der Waals surface area contributed by atoms with Gasteiger partial charge in [0.05, 0.1) is 14.2 Å². The molecule has 3 rings (SSSR count). The Morgan fingerprint density at radius 2 is 1.96 bits per heavy atom. The summed E-state index contributed by atoms with van der Waals surface area (Å²) in [5, 5.41) is 7.22. The second kappa shape index (κ2) is 7.76. The van der Waals surface area contributed by atoms with Crippen LogP contribution in [-0.2, 0) is 16.8 Å². The molecule has 1 fully saturated rings.